The number of benzene rings is 2. The van der Waals surface area contributed by atoms with Gasteiger partial charge in [-0.3, -0.25) is 4.79 Å². The first-order valence-corrected chi connectivity index (χ1v) is 11.1. The van der Waals surface area contributed by atoms with Gasteiger partial charge in [0.1, 0.15) is 0 Å². The maximum Gasteiger partial charge on any atom is 0.416 e. The number of H-pyrrole nitrogens is 1. The van der Waals surface area contributed by atoms with E-state index in [1.807, 2.05) is 24.3 Å². The highest BCUT2D eigenvalue weighted by Crippen LogP contribution is 2.36. The summed E-state index contributed by atoms with van der Waals surface area (Å²) in [5.74, 6) is -0.641. The van der Waals surface area contributed by atoms with Crippen LogP contribution in [0.25, 0.3) is 10.9 Å². The van der Waals surface area contributed by atoms with Crippen LogP contribution in [0.1, 0.15) is 48.3 Å². The van der Waals surface area contributed by atoms with E-state index in [4.69, 9.17) is 0 Å². The molecular formula is C25H28F3N3O. The van der Waals surface area contributed by atoms with Gasteiger partial charge in [-0.25, -0.2) is 0 Å². The van der Waals surface area contributed by atoms with Gasteiger partial charge in [0.2, 0.25) is 5.91 Å². The Balaban J connectivity index is 1.55. The average Bonchev–Trinajstić information content (AvgIpc) is 3.22. The van der Waals surface area contributed by atoms with Crippen molar-refractivity contribution in [3.63, 3.8) is 0 Å². The van der Waals surface area contributed by atoms with Gasteiger partial charge in [-0.05, 0) is 49.2 Å². The van der Waals surface area contributed by atoms with E-state index in [1.54, 1.807) is 12.3 Å². The normalized spacial score (nSPS) is 16.2. The lowest BCUT2D eigenvalue weighted by molar-refractivity contribution is -0.137. The molecular weight excluding hydrogens is 415 g/mol. The number of amides is 1. The first-order valence-electron chi connectivity index (χ1n) is 11.1. The van der Waals surface area contributed by atoms with Crippen molar-refractivity contribution >= 4 is 16.8 Å². The molecule has 3 aromatic rings. The van der Waals surface area contributed by atoms with E-state index >= 15 is 0 Å². The quantitative estimate of drug-likeness (QED) is 0.520. The van der Waals surface area contributed by atoms with Crippen LogP contribution in [-0.2, 0) is 11.0 Å². The number of aromatic nitrogens is 1. The summed E-state index contributed by atoms with van der Waals surface area (Å²) in [6.45, 7) is 3.45. The van der Waals surface area contributed by atoms with Gasteiger partial charge in [0.05, 0.1) is 5.56 Å². The Bertz CT molecular complexity index is 1050. The minimum absolute atomic E-state index is 0.0865. The molecule has 2 heterocycles. The lowest BCUT2D eigenvalue weighted by Gasteiger charge is -2.26. The standard InChI is InChI=1S/C25H28F3N3O/c26-25(27,28)19-8-6-7-18(15-19)21(22-17-30-23-10-3-2-9-20(22)23)16-24(32)29-11-14-31-12-4-1-5-13-31/h2-3,6-10,15,17,21,30H,1,4-5,11-14,16H2,(H,29,32)/t21-/m1/s1. The van der Waals surface area contributed by atoms with E-state index in [9.17, 15) is 18.0 Å². The molecule has 1 atom stereocenters. The highest BCUT2D eigenvalue weighted by atomic mass is 19.4. The van der Waals surface area contributed by atoms with Crippen molar-refractivity contribution in [3.8, 4) is 0 Å². The maximum atomic E-state index is 13.3. The molecule has 1 saturated heterocycles. The molecule has 1 fully saturated rings. The van der Waals surface area contributed by atoms with Crippen LogP contribution in [0.5, 0.6) is 0 Å². The lowest BCUT2D eigenvalue weighted by Crippen LogP contribution is -2.38. The van der Waals surface area contributed by atoms with E-state index in [1.165, 1.54) is 25.3 Å². The Labute approximate surface area is 185 Å². The molecule has 7 heteroatoms. The topological polar surface area (TPSA) is 48.1 Å². The first kappa shape index (κ1) is 22.4. The first-order chi connectivity index (χ1) is 15.4. The van der Waals surface area contributed by atoms with Crippen LogP contribution in [0.3, 0.4) is 0 Å². The van der Waals surface area contributed by atoms with Crippen molar-refractivity contribution in [2.75, 3.05) is 26.2 Å². The summed E-state index contributed by atoms with van der Waals surface area (Å²) >= 11 is 0. The van der Waals surface area contributed by atoms with Gasteiger partial charge in [0, 0.05) is 42.5 Å². The van der Waals surface area contributed by atoms with E-state index < -0.39 is 17.7 Å². The van der Waals surface area contributed by atoms with Crippen molar-refractivity contribution in [1.29, 1.82) is 0 Å². The van der Waals surface area contributed by atoms with Crippen LogP contribution in [0.2, 0.25) is 0 Å². The number of nitrogens with one attached hydrogen (secondary N) is 2. The van der Waals surface area contributed by atoms with Crippen LogP contribution < -0.4 is 5.32 Å². The van der Waals surface area contributed by atoms with Gasteiger partial charge in [-0.15, -0.1) is 0 Å². The van der Waals surface area contributed by atoms with E-state index in [0.29, 0.717) is 12.1 Å². The minimum Gasteiger partial charge on any atom is -0.361 e. The van der Waals surface area contributed by atoms with Gasteiger partial charge in [0.15, 0.2) is 0 Å². The number of hydrogen-bond acceptors (Lipinski definition) is 2. The highest BCUT2D eigenvalue weighted by molar-refractivity contribution is 5.86. The number of carbonyl (C=O) groups excluding carboxylic acids is 1. The fraction of sp³-hybridized carbons (Fsp3) is 0.400. The molecule has 1 aliphatic heterocycles. The molecule has 0 aliphatic carbocycles. The summed E-state index contributed by atoms with van der Waals surface area (Å²) in [7, 11) is 0. The smallest absolute Gasteiger partial charge is 0.361 e. The fourth-order valence-electron chi connectivity index (χ4n) is 4.52. The van der Waals surface area contributed by atoms with E-state index in [-0.39, 0.29) is 12.3 Å². The zero-order chi connectivity index (χ0) is 22.6. The SMILES string of the molecule is O=C(C[C@H](c1cccc(C(F)(F)F)c1)c1c[nH]c2ccccc12)NCCN1CCCCC1. The number of likely N-dealkylation sites (tertiary alicyclic amines) is 1. The molecule has 0 spiro atoms. The van der Waals surface area contributed by atoms with E-state index in [2.05, 4.69) is 15.2 Å². The van der Waals surface area contributed by atoms with Gasteiger partial charge in [-0.1, -0.05) is 42.8 Å². The fourth-order valence-corrected chi connectivity index (χ4v) is 4.52. The van der Waals surface area contributed by atoms with Crippen molar-refractivity contribution in [1.82, 2.24) is 15.2 Å². The van der Waals surface area contributed by atoms with Crippen LogP contribution in [0.4, 0.5) is 13.2 Å². The molecule has 0 radical (unpaired) electrons. The van der Waals surface area contributed by atoms with Crippen molar-refractivity contribution in [2.24, 2.45) is 0 Å². The van der Waals surface area contributed by atoms with E-state index in [0.717, 1.165) is 48.2 Å². The summed E-state index contributed by atoms with van der Waals surface area (Å²) in [5.41, 5.74) is 1.50. The molecule has 4 rings (SSSR count). The summed E-state index contributed by atoms with van der Waals surface area (Å²) in [5, 5.41) is 3.89. The van der Waals surface area contributed by atoms with Gasteiger partial charge >= 0.3 is 6.18 Å². The summed E-state index contributed by atoms with van der Waals surface area (Å²) in [4.78, 5) is 18.3. The second-order valence-corrected chi connectivity index (χ2v) is 8.42. The zero-order valence-electron chi connectivity index (χ0n) is 17.9. The average molecular weight is 444 g/mol. The predicted octanol–water partition coefficient (Wildman–Crippen LogP) is 5.31. The summed E-state index contributed by atoms with van der Waals surface area (Å²) in [6.07, 6.45) is 1.08. The third-order valence-electron chi connectivity index (χ3n) is 6.20. The molecule has 2 aromatic carbocycles. The maximum absolute atomic E-state index is 13.3. The monoisotopic (exact) mass is 443 g/mol. The van der Waals surface area contributed by atoms with Gasteiger partial charge < -0.3 is 15.2 Å². The van der Waals surface area contributed by atoms with Crippen molar-refractivity contribution in [3.05, 3.63) is 71.4 Å². The number of carbonyl (C=O) groups is 1. The number of fused-ring (bicyclic) bond motifs is 1. The third-order valence-corrected chi connectivity index (χ3v) is 6.20. The molecule has 170 valence electrons. The van der Waals surface area contributed by atoms with Gasteiger partial charge in [0.25, 0.3) is 0 Å². The third kappa shape index (κ3) is 5.33. The lowest BCUT2D eigenvalue weighted by atomic mass is 9.87. The molecule has 1 aliphatic rings. The number of aromatic amines is 1. The minimum atomic E-state index is -4.43. The number of halogens is 3. The Morgan fingerprint density at radius 2 is 1.84 bits per heavy atom. The summed E-state index contributed by atoms with van der Waals surface area (Å²) < 4.78 is 40.0. The van der Waals surface area contributed by atoms with Gasteiger partial charge in [-0.2, -0.15) is 13.2 Å². The molecule has 4 nitrogen and oxygen atoms in total. The predicted molar refractivity (Wildman–Crippen MR) is 120 cm³/mol. The largest absolute Gasteiger partial charge is 0.416 e. The summed E-state index contributed by atoms with van der Waals surface area (Å²) in [6, 6.07) is 12.9. The molecule has 0 unspecified atom stereocenters. The number of nitrogens with zero attached hydrogens (tertiary/aromatic N) is 1. The Morgan fingerprint density at radius 1 is 1.06 bits per heavy atom. The molecule has 0 saturated carbocycles. The van der Waals surface area contributed by atoms with Crippen LogP contribution >= 0.6 is 0 Å². The second-order valence-electron chi connectivity index (χ2n) is 8.42. The number of piperidine rings is 1. The Hall–Kier alpha value is -2.80. The Kier molecular flexibility index (Phi) is 6.84. The molecule has 0 bridgehead atoms. The number of alkyl halides is 3. The number of hydrogen-bond donors (Lipinski definition) is 2. The number of para-hydroxylation sites is 1. The number of rotatable bonds is 7. The van der Waals surface area contributed by atoms with Crippen LogP contribution in [0, 0.1) is 0 Å². The molecule has 2 N–H and O–H groups in total. The molecule has 32 heavy (non-hydrogen) atoms. The van der Waals surface area contributed by atoms with Crippen LogP contribution in [-0.4, -0.2) is 42.0 Å². The second kappa shape index (κ2) is 9.77. The zero-order valence-corrected chi connectivity index (χ0v) is 17.9. The molecule has 1 aromatic heterocycles. The van der Waals surface area contributed by atoms with Crippen molar-refractivity contribution in [2.45, 2.75) is 37.8 Å². The molecule has 1 amide bonds. The van der Waals surface area contributed by atoms with Crippen LogP contribution in [0.15, 0.2) is 54.7 Å². The highest BCUT2D eigenvalue weighted by Gasteiger charge is 2.31. The van der Waals surface area contributed by atoms with Crippen molar-refractivity contribution < 1.29 is 18.0 Å². The Morgan fingerprint density at radius 3 is 2.62 bits per heavy atom.